The van der Waals surface area contributed by atoms with Crippen LogP contribution in [0.15, 0.2) is 59.7 Å². The van der Waals surface area contributed by atoms with Crippen molar-refractivity contribution >= 4 is 52.1 Å². The van der Waals surface area contributed by atoms with Gasteiger partial charge in [-0.15, -0.1) is 0 Å². The van der Waals surface area contributed by atoms with Crippen LogP contribution in [0.1, 0.15) is 75.0 Å². The number of rotatable bonds is 12. The van der Waals surface area contributed by atoms with E-state index in [9.17, 15) is 24.4 Å². The molecule has 2 unspecified atom stereocenters. The van der Waals surface area contributed by atoms with Crippen LogP contribution in [0, 0.1) is 23.0 Å². The van der Waals surface area contributed by atoms with Crippen LogP contribution in [-0.2, 0) is 19.1 Å². The number of nitriles is 1. The molecule has 3 N–H and O–H groups in total. The lowest BCUT2D eigenvalue weighted by atomic mass is 9.87. The van der Waals surface area contributed by atoms with Gasteiger partial charge >= 0.3 is 0 Å². The number of likely N-dealkylation sites (tertiary alicyclic amines) is 2. The van der Waals surface area contributed by atoms with Crippen molar-refractivity contribution in [3.63, 3.8) is 0 Å². The van der Waals surface area contributed by atoms with Crippen LogP contribution in [0.25, 0.3) is 10.9 Å². The van der Waals surface area contributed by atoms with E-state index in [0.29, 0.717) is 93.8 Å². The van der Waals surface area contributed by atoms with Gasteiger partial charge in [0.25, 0.3) is 5.56 Å². The maximum Gasteiger partial charge on any atom is 0.261 e. The number of hydrogen-bond donors (Lipinski definition) is 3. The molecule has 62 heavy (non-hydrogen) atoms. The van der Waals surface area contributed by atoms with E-state index in [1.807, 2.05) is 29.2 Å². The molecule has 18 heteroatoms. The van der Waals surface area contributed by atoms with Gasteiger partial charge < -0.3 is 24.4 Å². The summed E-state index contributed by atoms with van der Waals surface area (Å²) in [7, 11) is 1.88. The van der Waals surface area contributed by atoms with Gasteiger partial charge in [-0.2, -0.15) is 5.26 Å². The third-order valence-corrected chi connectivity index (χ3v) is 13.4. The Morgan fingerprint density at radius 3 is 2.58 bits per heavy atom. The van der Waals surface area contributed by atoms with Crippen LogP contribution in [0.5, 0.6) is 11.5 Å². The summed E-state index contributed by atoms with van der Waals surface area (Å²) in [5, 5.41) is 15.5. The molecule has 4 aromatic rings. The number of benzene rings is 3. The van der Waals surface area contributed by atoms with Crippen LogP contribution >= 0.6 is 12.1 Å². The van der Waals surface area contributed by atoms with Gasteiger partial charge in [0.1, 0.15) is 29.2 Å². The molecule has 15 nitrogen and oxygen atoms in total. The standard InChI is InChI=1S/C44H49F2N9O6S/c1-3-52(2)62-51-37-9-7-34(45)41(33(37)23-47)61-30-5-8-36-32(21-30)43(59)55(26-48-36)29-22-44(60-25-29)14-18-54(19-15-44)40(57)24-53-16-12-27(13-17-53)31-6-4-28(20-35(31)46)49-38-10-11-39(56)50-42(38)58/h4-9,20-21,26-27,29,38,49,51H,3,10-19,22,24-25H2,1-2H3,(H,50,56,58). The van der Waals surface area contributed by atoms with Gasteiger partial charge in [-0.25, -0.2) is 18.1 Å². The van der Waals surface area contributed by atoms with E-state index in [1.54, 1.807) is 28.8 Å². The molecule has 326 valence electrons. The zero-order chi connectivity index (χ0) is 43.5. The molecule has 3 aromatic carbocycles. The molecule has 1 spiro atoms. The number of aromatic nitrogens is 2. The van der Waals surface area contributed by atoms with Crippen molar-refractivity contribution in [2.24, 2.45) is 0 Å². The summed E-state index contributed by atoms with van der Waals surface area (Å²) in [5.41, 5.74) is 1.17. The lowest BCUT2D eigenvalue weighted by Crippen LogP contribution is -2.50. The fourth-order valence-corrected chi connectivity index (χ4v) is 9.34. The molecular formula is C44H49F2N9O6S. The van der Waals surface area contributed by atoms with Gasteiger partial charge in [0.2, 0.25) is 17.7 Å². The average Bonchev–Trinajstić information content (AvgIpc) is 3.68. The van der Waals surface area contributed by atoms with E-state index in [1.165, 1.54) is 42.7 Å². The molecule has 0 bridgehead atoms. The molecule has 4 fully saturated rings. The predicted octanol–water partition coefficient (Wildman–Crippen LogP) is 5.68. The van der Waals surface area contributed by atoms with E-state index in [0.717, 1.165) is 6.54 Å². The number of ether oxygens (including phenoxy) is 2. The largest absolute Gasteiger partial charge is 0.453 e. The van der Waals surface area contributed by atoms with Gasteiger partial charge in [-0.1, -0.05) is 13.0 Å². The molecule has 3 amide bonds. The third kappa shape index (κ3) is 9.26. The smallest absolute Gasteiger partial charge is 0.261 e. The minimum Gasteiger partial charge on any atom is -0.453 e. The van der Waals surface area contributed by atoms with Crippen molar-refractivity contribution in [2.45, 2.75) is 75.5 Å². The van der Waals surface area contributed by atoms with Crippen molar-refractivity contribution < 1.29 is 32.6 Å². The summed E-state index contributed by atoms with van der Waals surface area (Å²) >= 11 is 1.27. The number of piperidine rings is 3. The quantitative estimate of drug-likeness (QED) is 0.117. The lowest BCUT2D eigenvalue weighted by Gasteiger charge is -2.40. The minimum atomic E-state index is -0.715. The summed E-state index contributed by atoms with van der Waals surface area (Å²) < 4.78 is 49.2. The molecule has 2 atom stereocenters. The third-order valence-electron chi connectivity index (χ3n) is 12.5. The fraction of sp³-hybridized carbons (Fsp3) is 0.455. The summed E-state index contributed by atoms with van der Waals surface area (Å²) in [5.74, 6) is -1.78. The zero-order valence-corrected chi connectivity index (χ0v) is 35.4. The molecule has 4 aliphatic rings. The second-order valence-corrected chi connectivity index (χ2v) is 17.5. The Morgan fingerprint density at radius 2 is 1.85 bits per heavy atom. The predicted molar refractivity (Wildman–Crippen MR) is 229 cm³/mol. The van der Waals surface area contributed by atoms with Crippen LogP contribution in [0.3, 0.4) is 0 Å². The highest BCUT2D eigenvalue weighted by molar-refractivity contribution is 7.98. The number of anilines is 2. The van der Waals surface area contributed by atoms with Crippen molar-refractivity contribution in [2.75, 3.05) is 63.0 Å². The van der Waals surface area contributed by atoms with Gasteiger partial charge in [-0.3, -0.25) is 34.0 Å². The number of imide groups is 1. The molecule has 0 radical (unpaired) electrons. The number of nitrogens with one attached hydrogen (secondary N) is 3. The number of hydrogen-bond acceptors (Lipinski definition) is 13. The number of carbonyl (C=O) groups is 3. The van der Waals surface area contributed by atoms with Gasteiger partial charge in [0.15, 0.2) is 11.6 Å². The van der Waals surface area contributed by atoms with Crippen LogP contribution < -0.4 is 25.7 Å². The Balaban J connectivity index is 0.836. The molecule has 0 aliphatic carbocycles. The topological polar surface area (TPSA) is 174 Å². The van der Waals surface area contributed by atoms with Crippen molar-refractivity contribution in [3.8, 4) is 17.6 Å². The van der Waals surface area contributed by atoms with Crippen LogP contribution in [0.4, 0.5) is 20.2 Å². The van der Waals surface area contributed by atoms with E-state index >= 15 is 8.78 Å². The maximum atomic E-state index is 15.3. The van der Waals surface area contributed by atoms with Crippen LogP contribution in [0.2, 0.25) is 0 Å². The first-order valence-corrected chi connectivity index (χ1v) is 21.8. The molecule has 0 saturated carbocycles. The summed E-state index contributed by atoms with van der Waals surface area (Å²) in [6.07, 6.45) is 5.39. The Labute approximate surface area is 362 Å². The normalized spacial score (nSPS) is 20.7. The number of amides is 3. The number of halogens is 2. The first kappa shape index (κ1) is 43.1. The molecule has 1 aromatic heterocycles. The molecule has 8 rings (SSSR count). The highest BCUT2D eigenvalue weighted by Crippen LogP contribution is 2.41. The second kappa shape index (κ2) is 18.4. The van der Waals surface area contributed by atoms with E-state index < -0.39 is 23.4 Å². The molecule has 4 saturated heterocycles. The Morgan fingerprint density at radius 1 is 1.06 bits per heavy atom. The van der Waals surface area contributed by atoms with Gasteiger partial charge in [0.05, 0.1) is 47.7 Å². The minimum absolute atomic E-state index is 0.00608. The lowest BCUT2D eigenvalue weighted by molar-refractivity contribution is -0.137. The fourth-order valence-electron chi connectivity index (χ4n) is 8.79. The first-order chi connectivity index (χ1) is 29.9. The van der Waals surface area contributed by atoms with Crippen molar-refractivity contribution in [1.29, 1.82) is 5.26 Å². The number of nitrogens with zero attached hydrogens (tertiary/aromatic N) is 6. The maximum absolute atomic E-state index is 15.3. The summed E-state index contributed by atoms with van der Waals surface area (Å²) in [4.78, 5) is 59.5. The zero-order valence-electron chi connectivity index (χ0n) is 34.6. The first-order valence-electron chi connectivity index (χ1n) is 21.0. The van der Waals surface area contributed by atoms with Gasteiger partial charge in [-0.05, 0) is 113 Å². The average molecular weight is 870 g/mol. The Bertz CT molecular complexity index is 2470. The Hall–Kier alpha value is -5.61. The second-order valence-electron chi connectivity index (χ2n) is 16.5. The van der Waals surface area contributed by atoms with Gasteiger partial charge in [0, 0.05) is 43.9 Å². The van der Waals surface area contributed by atoms with E-state index in [2.05, 4.69) is 25.2 Å². The number of fused-ring (bicyclic) bond motifs is 1. The van der Waals surface area contributed by atoms with Crippen molar-refractivity contribution in [1.82, 2.24) is 29.0 Å². The highest BCUT2D eigenvalue weighted by atomic mass is 32.2. The molecular weight excluding hydrogens is 821 g/mol. The van der Waals surface area contributed by atoms with Crippen molar-refractivity contribution in [3.05, 3.63) is 88.0 Å². The monoisotopic (exact) mass is 869 g/mol. The van der Waals surface area contributed by atoms with E-state index in [4.69, 9.17) is 9.47 Å². The molecule has 4 aliphatic heterocycles. The number of carbonyl (C=O) groups excluding carboxylic acids is 3. The summed E-state index contributed by atoms with van der Waals surface area (Å²) in [6, 6.07) is 13.5. The Kier molecular flexibility index (Phi) is 12.8. The molecule has 5 heterocycles. The SMILES string of the molecule is CCN(C)SNc1ccc(F)c(Oc2ccc3ncn(C4COC5(CCN(C(=O)CN6CCC(c7ccc(NC8CCC(=O)NC8=O)cc7F)CC6)CC5)C4)c(=O)c3c2)c1C#N. The van der Waals surface area contributed by atoms with Crippen LogP contribution in [-0.4, -0.2) is 106 Å². The van der Waals surface area contributed by atoms with E-state index in [-0.39, 0.29) is 70.6 Å². The highest BCUT2D eigenvalue weighted by Gasteiger charge is 2.44. The summed E-state index contributed by atoms with van der Waals surface area (Å²) in [6.45, 7) is 5.70.